The lowest BCUT2D eigenvalue weighted by molar-refractivity contribution is -0.137. The van der Waals surface area contributed by atoms with Crippen molar-refractivity contribution in [1.29, 1.82) is 0 Å². The predicted octanol–water partition coefficient (Wildman–Crippen LogP) is 6.77. The zero-order valence-electron chi connectivity index (χ0n) is 17.3. The summed E-state index contributed by atoms with van der Waals surface area (Å²) >= 11 is 11.2. The molecule has 0 saturated carbocycles. The molecule has 0 saturated heterocycles. The molecule has 0 aliphatic heterocycles. The third-order valence-corrected chi connectivity index (χ3v) is 4.62. The Morgan fingerprint density at radius 1 is 1.00 bits per heavy atom. The molecule has 4 nitrogen and oxygen atoms in total. The largest absolute Gasteiger partial charge is 0.493 e. The van der Waals surface area contributed by atoms with Crippen LogP contribution in [0.5, 0.6) is 17.4 Å². The van der Waals surface area contributed by atoms with Crippen molar-refractivity contribution in [3.05, 3.63) is 57.7 Å². The molecule has 2 aromatic rings. The third kappa shape index (κ3) is 8.15. The van der Waals surface area contributed by atoms with E-state index in [-0.39, 0.29) is 23.6 Å². The summed E-state index contributed by atoms with van der Waals surface area (Å²) in [7, 11) is 0. The van der Waals surface area contributed by atoms with Gasteiger partial charge in [0.2, 0.25) is 5.88 Å². The zero-order chi connectivity index (χ0) is 22.9. The average Bonchev–Trinajstić information content (AvgIpc) is 2.73. The number of benzene rings is 1. The molecule has 0 bridgehead atoms. The first-order valence-corrected chi connectivity index (χ1v) is 10.6. The highest BCUT2D eigenvalue weighted by Crippen LogP contribution is 2.31. The van der Waals surface area contributed by atoms with E-state index < -0.39 is 11.7 Å². The number of rotatable bonds is 11. The lowest BCUT2D eigenvalue weighted by Gasteiger charge is -2.17. The topological polar surface area (TPSA) is 40.6 Å². The second-order valence-corrected chi connectivity index (χ2v) is 7.52. The first kappa shape index (κ1) is 25.1. The van der Waals surface area contributed by atoms with Gasteiger partial charge < -0.3 is 14.2 Å². The van der Waals surface area contributed by atoms with Crippen molar-refractivity contribution >= 4 is 23.2 Å². The van der Waals surface area contributed by atoms with Gasteiger partial charge in [-0.3, -0.25) is 0 Å². The molecule has 0 aliphatic rings. The molecule has 0 aliphatic carbocycles. The molecule has 0 atom stereocenters. The van der Waals surface area contributed by atoms with Gasteiger partial charge in [0.15, 0.2) is 0 Å². The van der Waals surface area contributed by atoms with Crippen molar-refractivity contribution in [2.45, 2.75) is 39.3 Å². The summed E-state index contributed by atoms with van der Waals surface area (Å²) in [6, 6.07) is 6.00. The van der Waals surface area contributed by atoms with Gasteiger partial charge in [-0.15, -0.1) is 0 Å². The molecule has 1 aromatic carbocycles. The Kier molecular flexibility index (Phi) is 9.78. The Bertz CT molecular complexity index is 842. The van der Waals surface area contributed by atoms with Gasteiger partial charge in [0.05, 0.1) is 18.8 Å². The fraction of sp³-hybridized carbons (Fsp3) is 0.409. The second kappa shape index (κ2) is 12.1. The lowest BCUT2D eigenvalue weighted by atomic mass is 10.0. The SMILES string of the molecule is CCc1cc(OCC=C(Cl)Cl)cc(CC)c1OCCCOc1ccc(C(F)(F)F)cn1. The van der Waals surface area contributed by atoms with Crippen LogP contribution in [-0.2, 0) is 19.0 Å². The Labute approximate surface area is 189 Å². The smallest absolute Gasteiger partial charge is 0.417 e. The summed E-state index contributed by atoms with van der Waals surface area (Å²) in [5, 5.41) is 0. The van der Waals surface area contributed by atoms with Gasteiger partial charge in [-0.1, -0.05) is 37.0 Å². The highest BCUT2D eigenvalue weighted by atomic mass is 35.5. The number of aromatic nitrogens is 1. The molecule has 1 heterocycles. The fourth-order valence-corrected chi connectivity index (χ4v) is 2.89. The summed E-state index contributed by atoms with van der Waals surface area (Å²) < 4.78 is 54.9. The minimum atomic E-state index is -4.41. The summed E-state index contributed by atoms with van der Waals surface area (Å²) in [6.07, 6.45) is -0.0209. The van der Waals surface area contributed by atoms with E-state index in [1.54, 1.807) is 6.08 Å². The van der Waals surface area contributed by atoms with Gasteiger partial charge in [0, 0.05) is 18.7 Å². The molecule has 0 unspecified atom stereocenters. The fourth-order valence-electron chi connectivity index (χ4n) is 2.76. The molecular formula is C22H24Cl2F3NO3. The number of halogens is 5. The van der Waals surface area contributed by atoms with Crippen LogP contribution in [0.15, 0.2) is 41.0 Å². The quantitative estimate of drug-likeness (QED) is 0.334. The third-order valence-electron chi connectivity index (χ3n) is 4.31. The van der Waals surface area contributed by atoms with Crippen LogP contribution in [0.1, 0.15) is 37.0 Å². The van der Waals surface area contributed by atoms with Crippen molar-refractivity contribution in [2.75, 3.05) is 19.8 Å². The number of aryl methyl sites for hydroxylation is 2. The number of hydrogen-bond acceptors (Lipinski definition) is 4. The first-order valence-electron chi connectivity index (χ1n) is 9.83. The van der Waals surface area contributed by atoms with Crippen LogP contribution in [0, 0.1) is 0 Å². The lowest BCUT2D eigenvalue weighted by Crippen LogP contribution is -2.09. The van der Waals surface area contributed by atoms with Crippen LogP contribution in [0.3, 0.4) is 0 Å². The summed E-state index contributed by atoms with van der Waals surface area (Å²) in [6.45, 7) is 4.99. The van der Waals surface area contributed by atoms with Gasteiger partial charge >= 0.3 is 6.18 Å². The van der Waals surface area contributed by atoms with Gasteiger partial charge in [-0.05, 0) is 48.2 Å². The van der Waals surface area contributed by atoms with Crippen molar-refractivity contribution in [3.63, 3.8) is 0 Å². The summed E-state index contributed by atoms with van der Waals surface area (Å²) in [5.74, 6) is 1.67. The Hall–Kier alpha value is -2.12. The van der Waals surface area contributed by atoms with E-state index in [2.05, 4.69) is 4.98 Å². The van der Waals surface area contributed by atoms with Gasteiger partial charge in [-0.25, -0.2) is 4.98 Å². The Morgan fingerprint density at radius 3 is 2.16 bits per heavy atom. The van der Waals surface area contributed by atoms with Crippen molar-refractivity contribution < 1.29 is 27.4 Å². The van der Waals surface area contributed by atoms with Gasteiger partial charge in [-0.2, -0.15) is 13.2 Å². The molecule has 31 heavy (non-hydrogen) atoms. The average molecular weight is 478 g/mol. The minimum Gasteiger partial charge on any atom is -0.493 e. The van der Waals surface area contributed by atoms with Gasteiger partial charge in [0.25, 0.3) is 0 Å². The Balaban J connectivity index is 1.90. The molecule has 170 valence electrons. The van der Waals surface area contributed by atoms with Crippen LogP contribution in [0.4, 0.5) is 13.2 Å². The molecule has 2 rings (SSSR count). The maximum absolute atomic E-state index is 12.6. The molecule has 0 spiro atoms. The number of pyridine rings is 1. The molecule has 0 N–H and O–H groups in total. The maximum Gasteiger partial charge on any atom is 0.417 e. The summed E-state index contributed by atoms with van der Waals surface area (Å²) in [5.41, 5.74) is 1.22. The van der Waals surface area contributed by atoms with Crippen LogP contribution in [0.2, 0.25) is 0 Å². The first-order chi connectivity index (χ1) is 14.7. The van der Waals surface area contributed by atoms with Crippen LogP contribution >= 0.6 is 23.2 Å². The molecule has 1 aromatic heterocycles. The Morgan fingerprint density at radius 2 is 1.65 bits per heavy atom. The standard InChI is InChI=1S/C22H24Cl2F3NO3/c1-3-15-12-18(29-11-8-19(23)24)13-16(4-2)21(15)31-10-5-9-30-20-7-6-17(14-28-20)22(25,26)27/h6-8,12-14H,3-5,9-11H2,1-2H3. The second-order valence-electron chi connectivity index (χ2n) is 6.52. The van der Waals surface area contributed by atoms with E-state index in [9.17, 15) is 13.2 Å². The van der Waals surface area contributed by atoms with E-state index in [0.29, 0.717) is 18.8 Å². The number of nitrogens with zero attached hydrogens (tertiary/aromatic N) is 1. The zero-order valence-corrected chi connectivity index (χ0v) is 18.8. The summed E-state index contributed by atoms with van der Waals surface area (Å²) in [4.78, 5) is 3.68. The minimum absolute atomic E-state index is 0.143. The van der Waals surface area contributed by atoms with E-state index in [1.807, 2.05) is 26.0 Å². The van der Waals surface area contributed by atoms with Crippen molar-refractivity contribution in [3.8, 4) is 17.4 Å². The van der Waals surface area contributed by atoms with E-state index in [0.717, 1.165) is 42.0 Å². The highest BCUT2D eigenvalue weighted by molar-refractivity contribution is 6.55. The van der Waals surface area contributed by atoms with E-state index >= 15 is 0 Å². The van der Waals surface area contributed by atoms with E-state index in [1.165, 1.54) is 6.07 Å². The number of ether oxygens (including phenoxy) is 3. The number of alkyl halides is 3. The molecule has 0 radical (unpaired) electrons. The van der Waals surface area contributed by atoms with Crippen LogP contribution < -0.4 is 14.2 Å². The molecule has 0 fully saturated rings. The monoisotopic (exact) mass is 477 g/mol. The highest BCUT2D eigenvalue weighted by Gasteiger charge is 2.30. The van der Waals surface area contributed by atoms with E-state index in [4.69, 9.17) is 37.4 Å². The van der Waals surface area contributed by atoms with Crippen molar-refractivity contribution in [2.24, 2.45) is 0 Å². The molecule has 0 amide bonds. The molecule has 9 heteroatoms. The predicted molar refractivity (Wildman–Crippen MR) is 115 cm³/mol. The van der Waals surface area contributed by atoms with Crippen LogP contribution in [0.25, 0.3) is 0 Å². The van der Waals surface area contributed by atoms with Gasteiger partial charge in [0.1, 0.15) is 22.6 Å². The normalized spacial score (nSPS) is 11.2. The number of hydrogen-bond donors (Lipinski definition) is 0. The van der Waals surface area contributed by atoms with Crippen molar-refractivity contribution in [1.82, 2.24) is 4.98 Å². The van der Waals surface area contributed by atoms with Crippen LogP contribution in [-0.4, -0.2) is 24.8 Å². The maximum atomic E-state index is 12.6. The molecular weight excluding hydrogens is 454 g/mol.